The first-order valence-corrected chi connectivity index (χ1v) is 6.65. The van der Waals surface area contributed by atoms with Gasteiger partial charge < -0.3 is 5.43 Å². The Labute approximate surface area is 119 Å². The highest BCUT2D eigenvalue weighted by Gasteiger charge is 2.12. The molecule has 100 valence electrons. The van der Waals surface area contributed by atoms with Gasteiger partial charge in [-0.25, -0.2) is 20.2 Å². The van der Waals surface area contributed by atoms with Gasteiger partial charge in [0.15, 0.2) is 5.82 Å². The molecule has 3 N–H and O–H groups in total. The van der Waals surface area contributed by atoms with Crippen LogP contribution in [0.3, 0.4) is 0 Å². The van der Waals surface area contributed by atoms with Gasteiger partial charge in [0.1, 0.15) is 11.6 Å². The maximum absolute atomic E-state index is 13.6. The number of hydrogen-bond donors (Lipinski definition) is 2. The lowest BCUT2D eigenvalue weighted by Crippen LogP contribution is -2.13. The number of anilines is 1. The van der Waals surface area contributed by atoms with E-state index in [0.717, 1.165) is 17.7 Å². The number of hydrogen-bond acceptors (Lipinski definition) is 4. The topological polar surface area (TPSA) is 63.8 Å². The Morgan fingerprint density at radius 1 is 1.37 bits per heavy atom. The van der Waals surface area contributed by atoms with E-state index in [2.05, 4.69) is 31.3 Å². The zero-order valence-electron chi connectivity index (χ0n) is 10.7. The molecule has 0 aliphatic rings. The Kier molecular flexibility index (Phi) is 4.11. The van der Waals surface area contributed by atoms with E-state index in [1.807, 2.05) is 13.8 Å². The van der Waals surface area contributed by atoms with Crippen molar-refractivity contribution in [1.29, 1.82) is 0 Å². The Morgan fingerprint density at radius 2 is 2.11 bits per heavy atom. The Hall–Kier alpha value is -1.53. The number of hydrazine groups is 1. The Balaban J connectivity index is 2.56. The van der Waals surface area contributed by atoms with Gasteiger partial charge in [0.2, 0.25) is 0 Å². The highest BCUT2D eigenvalue weighted by Crippen LogP contribution is 2.25. The third kappa shape index (κ3) is 2.74. The van der Waals surface area contributed by atoms with Crippen LogP contribution in [0.2, 0.25) is 0 Å². The summed E-state index contributed by atoms with van der Waals surface area (Å²) in [6, 6.07) is 4.78. The van der Waals surface area contributed by atoms with Crippen LogP contribution in [0.5, 0.6) is 0 Å². The fourth-order valence-electron chi connectivity index (χ4n) is 1.90. The molecule has 0 amide bonds. The molecule has 2 aromatic rings. The number of benzene rings is 1. The molecule has 0 saturated carbocycles. The van der Waals surface area contributed by atoms with E-state index < -0.39 is 0 Å². The molecule has 0 unspecified atom stereocenters. The predicted octanol–water partition coefficient (Wildman–Crippen LogP) is 3.20. The zero-order chi connectivity index (χ0) is 14.0. The molecule has 0 aliphatic heterocycles. The minimum absolute atomic E-state index is 0.347. The van der Waals surface area contributed by atoms with Crippen LogP contribution in [0, 0.1) is 12.7 Å². The SMILES string of the molecule is CCc1c(C)nc(-c2ccc(Br)c(F)c2)nc1NN. The van der Waals surface area contributed by atoms with Gasteiger partial charge in [-0.3, -0.25) is 0 Å². The maximum atomic E-state index is 13.6. The van der Waals surface area contributed by atoms with E-state index in [0.29, 0.717) is 21.7 Å². The molecule has 1 aromatic heterocycles. The number of halogens is 2. The molecule has 0 fully saturated rings. The summed E-state index contributed by atoms with van der Waals surface area (Å²) in [7, 11) is 0. The average Bonchev–Trinajstić information content (AvgIpc) is 2.40. The molecule has 19 heavy (non-hydrogen) atoms. The van der Waals surface area contributed by atoms with Crippen molar-refractivity contribution < 1.29 is 4.39 Å². The van der Waals surface area contributed by atoms with Gasteiger partial charge in [-0.1, -0.05) is 6.92 Å². The summed E-state index contributed by atoms with van der Waals surface area (Å²) in [5, 5.41) is 0. The second kappa shape index (κ2) is 5.63. The van der Waals surface area contributed by atoms with Crippen molar-refractivity contribution in [3.05, 3.63) is 39.7 Å². The van der Waals surface area contributed by atoms with Gasteiger partial charge in [-0.05, 0) is 47.5 Å². The molecule has 1 heterocycles. The summed E-state index contributed by atoms with van der Waals surface area (Å²) in [6.45, 7) is 3.89. The number of nitrogens with zero attached hydrogens (tertiary/aromatic N) is 2. The van der Waals surface area contributed by atoms with Crippen LogP contribution in [0.1, 0.15) is 18.2 Å². The summed E-state index contributed by atoms with van der Waals surface area (Å²) in [4.78, 5) is 8.74. The third-order valence-electron chi connectivity index (χ3n) is 2.88. The molecule has 0 radical (unpaired) electrons. The quantitative estimate of drug-likeness (QED) is 0.672. The van der Waals surface area contributed by atoms with E-state index in [4.69, 9.17) is 5.84 Å². The smallest absolute Gasteiger partial charge is 0.161 e. The van der Waals surface area contributed by atoms with Gasteiger partial charge >= 0.3 is 0 Å². The van der Waals surface area contributed by atoms with E-state index in [-0.39, 0.29) is 5.82 Å². The number of nitrogens with one attached hydrogen (secondary N) is 1. The number of aromatic nitrogens is 2. The summed E-state index contributed by atoms with van der Waals surface area (Å²) in [5.41, 5.74) is 4.98. The molecule has 2 rings (SSSR count). The van der Waals surface area contributed by atoms with E-state index in [1.54, 1.807) is 12.1 Å². The van der Waals surface area contributed by atoms with Crippen LogP contribution < -0.4 is 11.3 Å². The second-order valence-corrected chi connectivity index (χ2v) is 4.94. The Bertz CT molecular complexity index is 616. The summed E-state index contributed by atoms with van der Waals surface area (Å²) >= 11 is 3.12. The van der Waals surface area contributed by atoms with Crippen LogP contribution in [-0.2, 0) is 6.42 Å². The predicted molar refractivity (Wildman–Crippen MR) is 77.1 cm³/mol. The van der Waals surface area contributed by atoms with Crippen LogP contribution in [-0.4, -0.2) is 9.97 Å². The lowest BCUT2D eigenvalue weighted by atomic mass is 10.1. The molecule has 0 saturated heterocycles. The molecule has 1 aromatic carbocycles. The summed E-state index contributed by atoms with van der Waals surface area (Å²) in [6.07, 6.45) is 0.778. The van der Waals surface area contributed by atoms with Gasteiger partial charge in [0.05, 0.1) is 4.47 Å². The fraction of sp³-hybridized carbons (Fsp3) is 0.231. The van der Waals surface area contributed by atoms with Gasteiger partial charge in [-0.2, -0.15) is 0 Å². The van der Waals surface area contributed by atoms with Crippen molar-refractivity contribution in [2.45, 2.75) is 20.3 Å². The zero-order valence-corrected chi connectivity index (χ0v) is 12.3. The van der Waals surface area contributed by atoms with Crippen molar-refractivity contribution >= 4 is 21.7 Å². The highest BCUT2D eigenvalue weighted by atomic mass is 79.9. The first-order chi connectivity index (χ1) is 9.06. The second-order valence-electron chi connectivity index (χ2n) is 4.09. The molecule has 0 spiro atoms. The maximum Gasteiger partial charge on any atom is 0.161 e. The van der Waals surface area contributed by atoms with E-state index in [1.165, 1.54) is 6.07 Å². The minimum Gasteiger partial charge on any atom is -0.308 e. The van der Waals surface area contributed by atoms with Crippen molar-refractivity contribution in [1.82, 2.24) is 9.97 Å². The van der Waals surface area contributed by atoms with Crippen molar-refractivity contribution in [2.75, 3.05) is 5.43 Å². The Morgan fingerprint density at radius 3 is 2.68 bits per heavy atom. The lowest BCUT2D eigenvalue weighted by Gasteiger charge is -2.11. The third-order valence-corrected chi connectivity index (χ3v) is 3.53. The van der Waals surface area contributed by atoms with Crippen molar-refractivity contribution in [3.63, 3.8) is 0 Å². The highest BCUT2D eigenvalue weighted by molar-refractivity contribution is 9.10. The lowest BCUT2D eigenvalue weighted by molar-refractivity contribution is 0.621. The van der Waals surface area contributed by atoms with Crippen LogP contribution in [0.4, 0.5) is 10.2 Å². The monoisotopic (exact) mass is 324 g/mol. The van der Waals surface area contributed by atoms with Gasteiger partial charge in [-0.15, -0.1) is 0 Å². The molecular weight excluding hydrogens is 311 g/mol. The number of rotatable bonds is 3. The fourth-order valence-corrected chi connectivity index (χ4v) is 2.15. The number of nitrogen functional groups attached to an aromatic ring is 1. The largest absolute Gasteiger partial charge is 0.308 e. The summed E-state index contributed by atoms with van der Waals surface area (Å²) < 4.78 is 14.0. The van der Waals surface area contributed by atoms with E-state index in [9.17, 15) is 4.39 Å². The first-order valence-electron chi connectivity index (χ1n) is 5.86. The number of nitrogens with two attached hydrogens (primary N) is 1. The standard InChI is InChI=1S/C13H14BrFN4/c1-3-9-7(2)17-12(18-13(9)19-16)8-4-5-10(14)11(15)6-8/h4-6H,3,16H2,1-2H3,(H,17,18,19). The first kappa shape index (κ1) is 13.9. The normalized spacial score (nSPS) is 10.6. The molecule has 6 heteroatoms. The average molecular weight is 325 g/mol. The van der Waals surface area contributed by atoms with Crippen LogP contribution >= 0.6 is 15.9 Å². The molecule has 0 bridgehead atoms. The molecular formula is C13H14BrFN4. The van der Waals surface area contributed by atoms with Gasteiger partial charge in [0, 0.05) is 16.8 Å². The minimum atomic E-state index is -0.347. The van der Waals surface area contributed by atoms with Gasteiger partial charge in [0.25, 0.3) is 0 Å². The summed E-state index contributed by atoms with van der Waals surface area (Å²) in [5.74, 6) is 6.16. The number of aryl methyl sites for hydroxylation is 1. The van der Waals surface area contributed by atoms with Crippen molar-refractivity contribution in [3.8, 4) is 11.4 Å². The molecule has 0 atom stereocenters. The van der Waals surface area contributed by atoms with E-state index >= 15 is 0 Å². The van der Waals surface area contributed by atoms with Crippen molar-refractivity contribution in [2.24, 2.45) is 5.84 Å². The van der Waals surface area contributed by atoms with Crippen LogP contribution in [0.25, 0.3) is 11.4 Å². The van der Waals surface area contributed by atoms with Crippen LogP contribution in [0.15, 0.2) is 22.7 Å². The molecule has 0 aliphatic carbocycles. The molecule has 4 nitrogen and oxygen atoms in total.